The first-order valence-electron chi connectivity index (χ1n) is 3.55. The minimum absolute atomic E-state index is 0.0127. The molecule has 2 aromatic rings. The third-order valence-electron chi connectivity index (χ3n) is 1.71. The Kier molecular flexibility index (Phi) is 2.30. The van der Waals surface area contributed by atoms with E-state index in [9.17, 15) is 8.78 Å². The van der Waals surface area contributed by atoms with Crippen LogP contribution in [0.25, 0.3) is 11.0 Å². The number of hydrogen-bond donors (Lipinski definition) is 0. The van der Waals surface area contributed by atoms with Gasteiger partial charge in [-0.1, -0.05) is 0 Å². The van der Waals surface area contributed by atoms with Gasteiger partial charge in [-0.3, -0.25) is 0 Å². The third-order valence-corrected chi connectivity index (χ3v) is 3.16. The summed E-state index contributed by atoms with van der Waals surface area (Å²) in [7, 11) is 1.58. The SMILES string of the molecule is Cn1nc2c(Br)c(F)c(F)c(Br)c2n1. The van der Waals surface area contributed by atoms with E-state index in [4.69, 9.17) is 0 Å². The van der Waals surface area contributed by atoms with Crippen LogP contribution in [0.2, 0.25) is 0 Å². The van der Waals surface area contributed by atoms with Crippen molar-refractivity contribution in [1.82, 2.24) is 15.0 Å². The van der Waals surface area contributed by atoms with Crippen molar-refractivity contribution in [3.05, 3.63) is 20.6 Å². The van der Waals surface area contributed by atoms with Crippen LogP contribution in [0.5, 0.6) is 0 Å². The van der Waals surface area contributed by atoms with Crippen molar-refractivity contribution in [2.45, 2.75) is 0 Å². The number of hydrogen-bond acceptors (Lipinski definition) is 2. The number of halogens is 4. The molecule has 7 heteroatoms. The van der Waals surface area contributed by atoms with Crippen molar-refractivity contribution in [2.24, 2.45) is 7.05 Å². The van der Waals surface area contributed by atoms with E-state index in [2.05, 4.69) is 42.1 Å². The molecule has 0 aliphatic rings. The van der Waals surface area contributed by atoms with Crippen LogP contribution in [-0.4, -0.2) is 15.0 Å². The quantitative estimate of drug-likeness (QED) is 0.550. The zero-order valence-corrected chi connectivity index (χ0v) is 10.0. The molecule has 0 saturated carbocycles. The van der Waals surface area contributed by atoms with Gasteiger partial charge in [0.25, 0.3) is 0 Å². The molecule has 0 radical (unpaired) electrons. The van der Waals surface area contributed by atoms with E-state index in [-0.39, 0.29) is 8.95 Å². The normalized spacial score (nSPS) is 11.2. The van der Waals surface area contributed by atoms with Gasteiger partial charge in [-0.05, 0) is 31.9 Å². The molecular weight excluding hydrogens is 324 g/mol. The summed E-state index contributed by atoms with van der Waals surface area (Å²) >= 11 is 5.85. The van der Waals surface area contributed by atoms with E-state index < -0.39 is 11.6 Å². The molecule has 14 heavy (non-hydrogen) atoms. The van der Waals surface area contributed by atoms with E-state index in [1.165, 1.54) is 4.80 Å². The summed E-state index contributed by atoms with van der Waals surface area (Å²) in [5.41, 5.74) is 0.580. The van der Waals surface area contributed by atoms with Gasteiger partial charge in [0.15, 0.2) is 11.6 Å². The number of aromatic nitrogens is 3. The first-order chi connectivity index (χ1) is 6.52. The van der Waals surface area contributed by atoms with Crippen molar-refractivity contribution < 1.29 is 8.78 Å². The second-order valence-corrected chi connectivity index (χ2v) is 4.23. The minimum atomic E-state index is -0.968. The van der Waals surface area contributed by atoms with Crippen molar-refractivity contribution in [3.8, 4) is 0 Å². The summed E-state index contributed by atoms with van der Waals surface area (Å²) < 4.78 is 26.4. The first-order valence-corrected chi connectivity index (χ1v) is 5.14. The number of fused-ring (bicyclic) bond motifs is 1. The highest BCUT2D eigenvalue weighted by atomic mass is 79.9. The smallest absolute Gasteiger partial charge is 0.176 e. The van der Waals surface area contributed by atoms with Crippen LogP contribution in [0.15, 0.2) is 8.95 Å². The summed E-state index contributed by atoms with van der Waals surface area (Å²) in [6.07, 6.45) is 0. The van der Waals surface area contributed by atoms with E-state index in [1.807, 2.05) is 0 Å². The molecule has 0 saturated heterocycles. The lowest BCUT2D eigenvalue weighted by Crippen LogP contribution is -1.90. The topological polar surface area (TPSA) is 30.7 Å². The maximum atomic E-state index is 13.2. The molecular formula is C7H3Br2F2N3. The zero-order chi connectivity index (χ0) is 10.5. The Morgan fingerprint density at radius 1 is 1.00 bits per heavy atom. The second-order valence-electron chi connectivity index (χ2n) is 2.64. The third kappa shape index (κ3) is 1.26. The van der Waals surface area contributed by atoms with Gasteiger partial charge in [0.2, 0.25) is 0 Å². The number of benzene rings is 1. The molecule has 74 valence electrons. The summed E-state index contributed by atoms with van der Waals surface area (Å²) in [5.74, 6) is -1.94. The van der Waals surface area contributed by atoms with Gasteiger partial charge >= 0.3 is 0 Å². The summed E-state index contributed by atoms with van der Waals surface area (Å²) in [5, 5.41) is 7.79. The average Bonchev–Trinajstić information content (AvgIpc) is 2.54. The zero-order valence-electron chi connectivity index (χ0n) is 6.85. The van der Waals surface area contributed by atoms with Crippen molar-refractivity contribution in [2.75, 3.05) is 0 Å². The molecule has 0 fully saturated rings. The molecule has 1 aromatic heterocycles. The number of rotatable bonds is 0. The average molecular weight is 327 g/mol. The highest BCUT2D eigenvalue weighted by Gasteiger charge is 2.20. The summed E-state index contributed by atoms with van der Waals surface area (Å²) in [4.78, 5) is 1.25. The Bertz CT molecular complexity index is 478. The summed E-state index contributed by atoms with van der Waals surface area (Å²) in [6, 6.07) is 0. The molecule has 3 nitrogen and oxygen atoms in total. The monoisotopic (exact) mass is 325 g/mol. The molecule has 0 bridgehead atoms. The summed E-state index contributed by atoms with van der Waals surface area (Å²) in [6.45, 7) is 0. The minimum Gasteiger partial charge on any atom is -0.202 e. The van der Waals surface area contributed by atoms with E-state index in [1.54, 1.807) is 7.05 Å². The number of aryl methyl sites for hydroxylation is 1. The molecule has 0 amide bonds. The predicted octanol–water partition coefficient (Wildman–Crippen LogP) is 2.77. The lowest BCUT2D eigenvalue weighted by atomic mass is 10.3. The van der Waals surface area contributed by atoms with E-state index in [0.29, 0.717) is 11.0 Å². The first kappa shape index (κ1) is 9.97. The molecule has 0 aliphatic heterocycles. The van der Waals surface area contributed by atoms with Crippen LogP contribution in [0.4, 0.5) is 8.78 Å². The van der Waals surface area contributed by atoms with Crippen LogP contribution in [-0.2, 0) is 7.05 Å². The van der Waals surface area contributed by atoms with Crippen molar-refractivity contribution in [1.29, 1.82) is 0 Å². The van der Waals surface area contributed by atoms with Crippen molar-refractivity contribution in [3.63, 3.8) is 0 Å². The molecule has 0 aliphatic carbocycles. The maximum Gasteiger partial charge on any atom is 0.176 e. The van der Waals surface area contributed by atoms with Gasteiger partial charge in [0, 0.05) is 7.05 Å². The van der Waals surface area contributed by atoms with Gasteiger partial charge in [-0.15, -0.1) is 0 Å². The molecule has 2 rings (SSSR count). The van der Waals surface area contributed by atoms with Crippen LogP contribution in [0.3, 0.4) is 0 Å². The van der Waals surface area contributed by atoms with Crippen LogP contribution >= 0.6 is 31.9 Å². The second kappa shape index (κ2) is 3.23. The molecule has 0 atom stereocenters. The predicted molar refractivity (Wildman–Crippen MR) is 53.8 cm³/mol. The standard InChI is InChI=1S/C7H3Br2F2N3/c1-14-12-6-2(8)4(10)5(11)3(9)7(6)13-14/h1H3. The number of nitrogens with zero attached hydrogens (tertiary/aromatic N) is 3. The Labute approximate surface area is 94.3 Å². The van der Waals surface area contributed by atoms with Gasteiger partial charge < -0.3 is 0 Å². The lowest BCUT2D eigenvalue weighted by molar-refractivity contribution is 0.502. The van der Waals surface area contributed by atoms with Gasteiger partial charge in [-0.2, -0.15) is 15.0 Å². The van der Waals surface area contributed by atoms with Gasteiger partial charge in [0.05, 0.1) is 8.95 Å². The van der Waals surface area contributed by atoms with Crippen LogP contribution in [0, 0.1) is 11.6 Å². The highest BCUT2D eigenvalue weighted by Crippen LogP contribution is 2.33. The molecule has 0 unspecified atom stereocenters. The maximum absolute atomic E-state index is 13.2. The molecule has 0 N–H and O–H groups in total. The van der Waals surface area contributed by atoms with E-state index in [0.717, 1.165) is 0 Å². The van der Waals surface area contributed by atoms with Crippen molar-refractivity contribution >= 4 is 42.9 Å². The van der Waals surface area contributed by atoms with E-state index >= 15 is 0 Å². The molecule has 1 heterocycles. The van der Waals surface area contributed by atoms with Crippen LogP contribution in [0.1, 0.15) is 0 Å². The van der Waals surface area contributed by atoms with Crippen LogP contribution < -0.4 is 0 Å². The molecule has 0 spiro atoms. The fraction of sp³-hybridized carbons (Fsp3) is 0.143. The Morgan fingerprint density at radius 2 is 1.36 bits per heavy atom. The Balaban J connectivity index is 3.01. The lowest BCUT2D eigenvalue weighted by Gasteiger charge is -1.99. The fourth-order valence-electron chi connectivity index (χ4n) is 1.10. The Morgan fingerprint density at radius 3 is 1.71 bits per heavy atom. The largest absolute Gasteiger partial charge is 0.202 e. The fourth-order valence-corrected chi connectivity index (χ4v) is 1.99. The van der Waals surface area contributed by atoms with Gasteiger partial charge in [-0.25, -0.2) is 8.78 Å². The highest BCUT2D eigenvalue weighted by molar-refractivity contribution is 9.11. The molecule has 1 aromatic carbocycles. The van der Waals surface area contributed by atoms with Gasteiger partial charge in [0.1, 0.15) is 11.0 Å². The Hall–Kier alpha value is -0.560.